The van der Waals surface area contributed by atoms with Gasteiger partial charge in [-0.3, -0.25) is 20.4 Å². The van der Waals surface area contributed by atoms with Crippen molar-refractivity contribution < 1.29 is 27.5 Å². The topological polar surface area (TPSA) is 114 Å². The number of hydrogen-bond donors (Lipinski definition) is 2. The maximum Gasteiger partial charge on any atom is 0.283 e. The Bertz CT molecular complexity index is 1090. The lowest BCUT2D eigenvalue weighted by molar-refractivity contribution is -0.131. The minimum atomic E-state index is -3.59. The molecule has 0 aromatic heterocycles. The van der Waals surface area contributed by atoms with Crippen molar-refractivity contribution in [3.8, 4) is 11.5 Å². The van der Waals surface area contributed by atoms with Crippen LogP contribution in [0.2, 0.25) is 0 Å². The van der Waals surface area contributed by atoms with E-state index in [1.807, 2.05) is 0 Å². The molecule has 0 aliphatic carbocycles. The molecule has 1 fully saturated rings. The number of hydrogen-bond acceptors (Lipinski definition) is 6. The second-order valence-corrected chi connectivity index (χ2v) is 9.86. The Morgan fingerprint density at radius 2 is 1.62 bits per heavy atom. The molecule has 2 N–H and O–H groups in total. The number of benzene rings is 2. The Hall–Kier alpha value is -3.11. The van der Waals surface area contributed by atoms with Crippen LogP contribution in [0.3, 0.4) is 0 Å². The molecule has 9 nitrogen and oxygen atoms in total. The molecule has 0 radical (unpaired) electrons. The van der Waals surface area contributed by atoms with Gasteiger partial charge in [-0.2, -0.15) is 4.31 Å². The van der Waals surface area contributed by atoms with Gasteiger partial charge in [-0.1, -0.05) is 19.1 Å². The van der Waals surface area contributed by atoms with Gasteiger partial charge >= 0.3 is 0 Å². The number of hydrazine groups is 1. The van der Waals surface area contributed by atoms with Gasteiger partial charge in [-0.15, -0.1) is 0 Å². The van der Waals surface area contributed by atoms with Crippen molar-refractivity contribution in [1.29, 1.82) is 0 Å². The summed E-state index contributed by atoms with van der Waals surface area (Å²) >= 11 is 0. The number of nitrogens with one attached hydrogen (secondary N) is 2. The lowest BCUT2D eigenvalue weighted by Crippen LogP contribution is -2.50. The first-order chi connectivity index (χ1) is 15.3. The van der Waals surface area contributed by atoms with Crippen molar-refractivity contribution in [1.82, 2.24) is 15.2 Å². The minimum Gasteiger partial charge on any atom is -0.485 e. The lowest BCUT2D eigenvalue weighted by atomic mass is 10.0. The third kappa shape index (κ3) is 4.71. The van der Waals surface area contributed by atoms with Gasteiger partial charge < -0.3 is 9.47 Å². The van der Waals surface area contributed by atoms with Crippen LogP contribution in [0.5, 0.6) is 11.5 Å². The number of para-hydroxylation sites is 2. The molecule has 2 aromatic carbocycles. The van der Waals surface area contributed by atoms with Gasteiger partial charge in [-0.05, 0) is 55.2 Å². The average molecular weight is 460 g/mol. The van der Waals surface area contributed by atoms with Crippen LogP contribution in [0.15, 0.2) is 53.4 Å². The zero-order chi connectivity index (χ0) is 22.7. The molecule has 2 amide bonds. The van der Waals surface area contributed by atoms with E-state index in [-0.39, 0.29) is 17.1 Å². The molecule has 32 heavy (non-hydrogen) atoms. The molecular formula is C22H25N3O6S. The smallest absolute Gasteiger partial charge is 0.283 e. The normalized spacial score (nSPS) is 19.2. The van der Waals surface area contributed by atoms with Gasteiger partial charge in [0, 0.05) is 18.7 Å². The van der Waals surface area contributed by atoms with Crippen LogP contribution in [0.25, 0.3) is 0 Å². The van der Waals surface area contributed by atoms with Gasteiger partial charge in [0.15, 0.2) is 11.5 Å². The van der Waals surface area contributed by atoms with Crippen molar-refractivity contribution >= 4 is 21.8 Å². The van der Waals surface area contributed by atoms with Crippen LogP contribution in [0.4, 0.5) is 0 Å². The van der Waals surface area contributed by atoms with Crippen LogP contribution in [-0.2, 0) is 14.8 Å². The highest BCUT2D eigenvalue weighted by atomic mass is 32.2. The predicted octanol–water partition coefficient (Wildman–Crippen LogP) is 1.71. The molecule has 0 spiro atoms. The van der Waals surface area contributed by atoms with Crippen LogP contribution in [0.1, 0.15) is 30.1 Å². The summed E-state index contributed by atoms with van der Waals surface area (Å²) in [4.78, 5) is 24.8. The van der Waals surface area contributed by atoms with Gasteiger partial charge in [0.05, 0.1) is 4.90 Å². The maximum absolute atomic E-state index is 12.8. The number of nitrogens with zero attached hydrogens (tertiary/aromatic N) is 1. The van der Waals surface area contributed by atoms with Crippen LogP contribution in [0, 0.1) is 5.92 Å². The number of rotatable bonds is 4. The van der Waals surface area contributed by atoms with Crippen molar-refractivity contribution in [2.24, 2.45) is 5.92 Å². The molecule has 4 rings (SSSR count). The second kappa shape index (κ2) is 9.17. The van der Waals surface area contributed by atoms with E-state index in [0.717, 1.165) is 12.8 Å². The molecule has 170 valence electrons. The summed E-state index contributed by atoms with van der Waals surface area (Å²) in [5.41, 5.74) is 4.84. The Labute approximate surface area is 186 Å². The van der Waals surface area contributed by atoms with Crippen molar-refractivity contribution in [3.05, 3.63) is 54.1 Å². The number of sulfonamides is 1. The van der Waals surface area contributed by atoms with E-state index < -0.39 is 27.9 Å². The maximum atomic E-state index is 12.8. The molecular weight excluding hydrogens is 434 g/mol. The van der Waals surface area contributed by atoms with E-state index in [1.54, 1.807) is 24.3 Å². The largest absolute Gasteiger partial charge is 0.485 e. The highest BCUT2D eigenvalue weighted by Gasteiger charge is 2.29. The summed E-state index contributed by atoms with van der Waals surface area (Å²) in [6, 6.07) is 12.6. The van der Waals surface area contributed by atoms with Gasteiger partial charge in [0.1, 0.15) is 6.61 Å². The minimum absolute atomic E-state index is 0.0144. The van der Waals surface area contributed by atoms with Gasteiger partial charge in [0.25, 0.3) is 11.8 Å². The van der Waals surface area contributed by atoms with Crippen LogP contribution < -0.4 is 20.3 Å². The van der Waals surface area contributed by atoms with E-state index in [9.17, 15) is 18.0 Å². The fraction of sp³-hybridized carbons (Fsp3) is 0.364. The molecule has 0 bridgehead atoms. The van der Waals surface area contributed by atoms with E-state index in [0.29, 0.717) is 30.5 Å². The lowest BCUT2D eigenvalue weighted by Gasteiger charge is -2.29. The van der Waals surface area contributed by atoms with E-state index in [1.165, 1.54) is 28.6 Å². The fourth-order valence-electron chi connectivity index (χ4n) is 3.57. The Balaban J connectivity index is 1.33. The monoisotopic (exact) mass is 459 g/mol. The molecule has 1 saturated heterocycles. The highest BCUT2D eigenvalue weighted by molar-refractivity contribution is 7.89. The standard InChI is InChI=1S/C22H25N3O6S/c1-15-10-12-25(13-11-15)32(28,29)17-8-6-16(7-9-17)21(26)23-24-22(27)20-14-30-18-4-2-3-5-19(18)31-20/h2-9,15,20H,10-14H2,1H3,(H,23,26)(H,24,27). The number of fused-ring (bicyclic) bond motifs is 1. The van der Waals surface area contributed by atoms with Crippen LogP contribution >= 0.6 is 0 Å². The Morgan fingerprint density at radius 3 is 2.31 bits per heavy atom. The third-order valence-corrected chi connectivity index (χ3v) is 7.51. The zero-order valence-electron chi connectivity index (χ0n) is 17.6. The van der Waals surface area contributed by atoms with Crippen molar-refractivity contribution in [2.45, 2.75) is 30.8 Å². The second-order valence-electron chi connectivity index (χ2n) is 7.92. The number of piperidine rings is 1. The Morgan fingerprint density at radius 1 is 0.969 bits per heavy atom. The average Bonchev–Trinajstić information content (AvgIpc) is 2.82. The SMILES string of the molecule is CC1CCN(S(=O)(=O)c2ccc(C(=O)NNC(=O)C3COc4ccccc4O3)cc2)CC1. The quantitative estimate of drug-likeness (QED) is 0.673. The van der Waals surface area contributed by atoms with Gasteiger partial charge in [0.2, 0.25) is 16.1 Å². The number of amides is 2. The summed E-state index contributed by atoms with van der Waals surface area (Å²) in [5.74, 6) is 0.375. The zero-order valence-corrected chi connectivity index (χ0v) is 18.4. The fourth-order valence-corrected chi connectivity index (χ4v) is 5.04. The van der Waals surface area contributed by atoms with Crippen molar-refractivity contribution in [3.63, 3.8) is 0 Å². The molecule has 10 heteroatoms. The summed E-state index contributed by atoms with van der Waals surface area (Å²) in [6.07, 6.45) is 0.756. The highest BCUT2D eigenvalue weighted by Crippen LogP contribution is 2.30. The predicted molar refractivity (Wildman–Crippen MR) is 116 cm³/mol. The number of carbonyl (C=O) groups is 2. The molecule has 2 aliphatic heterocycles. The number of carbonyl (C=O) groups excluding carboxylic acids is 2. The van der Waals surface area contributed by atoms with E-state index in [4.69, 9.17) is 9.47 Å². The molecule has 1 unspecified atom stereocenters. The molecule has 2 heterocycles. The van der Waals surface area contributed by atoms with E-state index >= 15 is 0 Å². The summed E-state index contributed by atoms with van der Waals surface area (Å²) in [5, 5.41) is 0. The first-order valence-electron chi connectivity index (χ1n) is 10.4. The number of ether oxygens (including phenoxy) is 2. The Kier molecular flexibility index (Phi) is 6.33. The summed E-state index contributed by atoms with van der Waals surface area (Å²) < 4.78 is 38.1. The van der Waals surface area contributed by atoms with Crippen LogP contribution in [-0.4, -0.2) is 50.3 Å². The molecule has 0 saturated carbocycles. The molecule has 2 aromatic rings. The first kappa shape index (κ1) is 22.1. The van der Waals surface area contributed by atoms with Crippen molar-refractivity contribution in [2.75, 3.05) is 19.7 Å². The van der Waals surface area contributed by atoms with Gasteiger partial charge in [-0.25, -0.2) is 8.42 Å². The van der Waals surface area contributed by atoms with E-state index in [2.05, 4.69) is 17.8 Å². The summed E-state index contributed by atoms with van der Waals surface area (Å²) in [6.45, 7) is 3.12. The third-order valence-electron chi connectivity index (χ3n) is 5.60. The molecule has 1 atom stereocenters. The first-order valence-corrected chi connectivity index (χ1v) is 11.9. The summed E-state index contributed by atoms with van der Waals surface area (Å²) in [7, 11) is -3.59. The molecule has 2 aliphatic rings.